The fraction of sp³-hybridized carbons (Fsp3) is 0.600. The van der Waals surface area contributed by atoms with Crippen LogP contribution in [0.5, 0.6) is 0 Å². The van der Waals surface area contributed by atoms with Crippen LogP contribution in [-0.2, 0) is 11.2 Å². The van der Waals surface area contributed by atoms with Gasteiger partial charge in [-0.15, -0.1) is 0 Å². The first-order valence-corrected chi connectivity index (χ1v) is 6.87. The maximum atomic E-state index is 9.11. The lowest BCUT2D eigenvalue weighted by Crippen LogP contribution is -2.34. The molecule has 18 heavy (non-hydrogen) atoms. The highest BCUT2D eigenvalue weighted by molar-refractivity contribution is 5.31. The Hall–Kier alpha value is -0.900. The van der Waals surface area contributed by atoms with Gasteiger partial charge in [-0.05, 0) is 30.5 Å². The molecular formula is C15H23NO2. The van der Waals surface area contributed by atoms with Crippen molar-refractivity contribution in [1.29, 1.82) is 0 Å². The number of ether oxygens (including phenoxy) is 1. The van der Waals surface area contributed by atoms with Crippen molar-refractivity contribution >= 4 is 0 Å². The van der Waals surface area contributed by atoms with E-state index < -0.39 is 0 Å². The minimum atomic E-state index is 0.160. The van der Waals surface area contributed by atoms with Crippen LogP contribution >= 0.6 is 0 Å². The van der Waals surface area contributed by atoms with Crippen LogP contribution in [0.25, 0.3) is 0 Å². The molecule has 1 N–H and O–H groups in total. The molecule has 3 nitrogen and oxygen atoms in total. The van der Waals surface area contributed by atoms with E-state index in [1.165, 1.54) is 11.1 Å². The van der Waals surface area contributed by atoms with E-state index in [0.717, 1.165) is 39.1 Å². The van der Waals surface area contributed by atoms with E-state index in [-0.39, 0.29) is 12.7 Å². The van der Waals surface area contributed by atoms with Gasteiger partial charge in [0.05, 0.1) is 19.3 Å². The van der Waals surface area contributed by atoms with E-state index in [1.807, 2.05) is 0 Å². The van der Waals surface area contributed by atoms with Gasteiger partial charge in [0.25, 0.3) is 0 Å². The van der Waals surface area contributed by atoms with Gasteiger partial charge in [0.1, 0.15) is 0 Å². The zero-order chi connectivity index (χ0) is 12.8. The standard InChI is InChI=1S/C15H23NO2/c1-2-8-16(9-10-17)12-15-14-6-4-3-5-13(14)7-11-18-15/h3-6,15,17H,2,7-12H2,1H3. The number of rotatable bonds is 6. The van der Waals surface area contributed by atoms with Crippen LogP contribution in [0.4, 0.5) is 0 Å². The highest BCUT2D eigenvalue weighted by Crippen LogP contribution is 2.27. The maximum Gasteiger partial charge on any atom is 0.0954 e. The summed E-state index contributed by atoms with van der Waals surface area (Å²) in [5.74, 6) is 0. The van der Waals surface area contributed by atoms with Crippen LogP contribution in [-0.4, -0.2) is 42.9 Å². The molecule has 0 fully saturated rings. The molecule has 3 heteroatoms. The second-order valence-electron chi connectivity index (χ2n) is 4.83. The van der Waals surface area contributed by atoms with Crippen molar-refractivity contribution in [2.45, 2.75) is 25.9 Å². The van der Waals surface area contributed by atoms with Gasteiger partial charge < -0.3 is 9.84 Å². The molecule has 1 aromatic carbocycles. The van der Waals surface area contributed by atoms with Crippen LogP contribution in [0, 0.1) is 0 Å². The Morgan fingerprint density at radius 3 is 2.94 bits per heavy atom. The minimum Gasteiger partial charge on any atom is -0.395 e. The molecule has 1 aliphatic rings. The zero-order valence-electron chi connectivity index (χ0n) is 11.1. The van der Waals surface area contributed by atoms with Crippen molar-refractivity contribution < 1.29 is 9.84 Å². The van der Waals surface area contributed by atoms with Gasteiger partial charge in [0, 0.05) is 13.1 Å². The molecule has 1 aromatic rings. The van der Waals surface area contributed by atoms with E-state index in [4.69, 9.17) is 9.84 Å². The third-order valence-electron chi connectivity index (χ3n) is 3.47. The summed E-state index contributed by atoms with van der Waals surface area (Å²) < 4.78 is 5.90. The van der Waals surface area contributed by atoms with Crippen LogP contribution in [0.15, 0.2) is 24.3 Å². The minimum absolute atomic E-state index is 0.160. The first kappa shape index (κ1) is 13.5. The van der Waals surface area contributed by atoms with Crippen molar-refractivity contribution in [3.63, 3.8) is 0 Å². The third kappa shape index (κ3) is 3.31. The van der Waals surface area contributed by atoms with Crippen LogP contribution in [0.3, 0.4) is 0 Å². The monoisotopic (exact) mass is 249 g/mol. The Morgan fingerprint density at radius 1 is 1.33 bits per heavy atom. The molecule has 2 rings (SSSR count). The number of aliphatic hydroxyl groups is 1. The second kappa shape index (κ2) is 6.88. The first-order valence-electron chi connectivity index (χ1n) is 6.87. The summed E-state index contributed by atoms with van der Waals surface area (Å²) in [6.07, 6.45) is 2.28. The van der Waals surface area contributed by atoms with E-state index in [0.29, 0.717) is 0 Å². The molecule has 0 aliphatic carbocycles. The fourth-order valence-corrected chi connectivity index (χ4v) is 2.61. The van der Waals surface area contributed by atoms with Crippen molar-refractivity contribution in [3.8, 4) is 0 Å². The predicted molar refractivity (Wildman–Crippen MR) is 72.7 cm³/mol. The largest absolute Gasteiger partial charge is 0.395 e. The van der Waals surface area contributed by atoms with E-state index in [1.54, 1.807) is 0 Å². The molecule has 1 atom stereocenters. The summed E-state index contributed by atoms with van der Waals surface area (Å²) in [6, 6.07) is 8.54. The summed E-state index contributed by atoms with van der Waals surface area (Å²) >= 11 is 0. The third-order valence-corrected chi connectivity index (χ3v) is 3.47. The second-order valence-corrected chi connectivity index (χ2v) is 4.83. The van der Waals surface area contributed by atoms with Gasteiger partial charge in [-0.1, -0.05) is 31.2 Å². The first-order chi connectivity index (χ1) is 8.85. The molecule has 1 aliphatic heterocycles. The highest BCUT2D eigenvalue weighted by Gasteiger charge is 2.22. The summed E-state index contributed by atoms with van der Waals surface area (Å²) in [7, 11) is 0. The van der Waals surface area contributed by atoms with Crippen molar-refractivity contribution in [1.82, 2.24) is 4.90 Å². The lowest BCUT2D eigenvalue weighted by molar-refractivity contribution is 0.0128. The average molecular weight is 249 g/mol. The van der Waals surface area contributed by atoms with Crippen LogP contribution in [0.1, 0.15) is 30.6 Å². The lowest BCUT2D eigenvalue weighted by atomic mass is 9.97. The molecule has 100 valence electrons. The van der Waals surface area contributed by atoms with Gasteiger partial charge in [-0.3, -0.25) is 4.90 Å². The number of hydrogen-bond donors (Lipinski definition) is 1. The van der Waals surface area contributed by atoms with Gasteiger partial charge in [0.15, 0.2) is 0 Å². The number of fused-ring (bicyclic) bond motifs is 1. The quantitative estimate of drug-likeness (QED) is 0.837. The van der Waals surface area contributed by atoms with Crippen molar-refractivity contribution in [2.24, 2.45) is 0 Å². The van der Waals surface area contributed by atoms with Crippen LogP contribution < -0.4 is 0 Å². The maximum absolute atomic E-state index is 9.11. The number of hydrogen-bond acceptors (Lipinski definition) is 3. The Labute approximate surface area is 109 Å². The topological polar surface area (TPSA) is 32.7 Å². The summed E-state index contributed by atoms with van der Waals surface area (Å²) in [5.41, 5.74) is 2.73. The van der Waals surface area contributed by atoms with Crippen molar-refractivity contribution in [3.05, 3.63) is 35.4 Å². The number of aliphatic hydroxyl groups excluding tert-OH is 1. The molecule has 0 bridgehead atoms. The Morgan fingerprint density at radius 2 is 2.17 bits per heavy atom. The van der Waals surface area contributed by atoms with Gasteiger partial charge in [-0.2, -0.15) is 0 Å². The summed E-state index contributed by atoms with van der Waals surface area (Å²) in [6.45, 7) is 5.82. The Balaban J connectivity index is 2.05. The van der Waals surface area contributed by atoms with Gasteiger partial charge >= 0.3 is 0 Å². The zero-order valence-corrected chi connectivity index (χ0v) is 11.1. The van der Waals surface area contributed by atoms with E-state index in [9.17, 15) is 0 Å². The van der Waals surface area contributed by atoms with Crippen LogP contribution in [0.2, 0.25) is 0 Å². The fourth-order valence-electron chi connectivity index (χ4n) is 2.61. The molecule has 0 saturated heterocycles. The normalized spacial score (nSPS) is 18.9. The highest BCUT2D eigenvalue weighted by atomic mass is 16.5. The summed E-state index contributed by atoms with van der Waals surface area (Å²) in [4.78, 5) is 2.28. The molecule has 0 saturated carbocycles. The Kier molecular flexibility index (Phi) is 5.17. The van der Waals surface area contributed by atoms with Gasteiger partial charge in [0.2, 0.25) is 0 Å². The molecule has 1 unspecified atom stereocenters. The number of nitrogens with zero attached hydrogens (tertiary/aromatic N) is 1. The molecule has 0 spiro atoms. The lowest BCUT2D eigenvalue weighted by Gasteiger charge is -2.31. The van der Waals surface area contributed by atoms with E-state index in [2.05, 4.69) is 36.1 Å². The van der Waals surface area contributed by atoms with Crippen molar-refractivity contribution in [2.75, 3.05) is 32.8 Å². The number of benzene rings is 1. The van der Waals surface area contributed by atoms with E-state index >= 15 is 0 Å². The van der Waals surface area contributed by atoms with Gasteiger partial charge in [-0.25, -0.2) is 0 Å². The molecule has 0 amide bonds. The SMILES string of the molecule is CCCN(CCO)CC1OCCc2ccccc21. The smallest absolute Gasteiger partial charge is 0.0954 e. The predicted octanol–water partition coefficient (Wildman–Crippen LogP) is 2.00. The summed E-state index contributed by atoms with van der Waals surface area (Å²) in [5, 5.41) is 9.11. The average Bonchev–Trinajstić information content (AvgIpc) is 2.40. The Bertz CT molecular complexity index is 361. The molecular weight excluding hydrogens is 226 g/mol. The molecule has 0 radical (unpaired) electrons. The molecule has 0 aromatic heterocycles. The molecule has 1 heterocycles.